The number of aliphatic hydroxyl groups is 1. The molecule has 0 spiro atoms. The van der Waals surface area contributed by atoms with E-state index in [1.165, 1.54) is 6.07 Å². The van der Waals surface area contributed by atoms with Gasteiger partial charge in [-0.15, -0.1) is 0 Å². The van der Waals surface area contributed by atoms with E-state index in [1.54, 1.807) is 6.92 Å². The predicted octanol–water partition coefficient (Wildman–Crippen LogP) is 1.53. The second-order valence-corrected chi connectivity index (χ2v) is 5.16. The zero-order valence-electron chi connectivity index (χ0n) is 10.7. The molecule has 5 heteroatoms. The second-order valence-electron chi connectivity index (χ2n) is 5.16. The Kier molecular flexibility index (Phi) is 4.06. The monoisotopic (exact) mass is 241 g/mol. The Labute approximate surface area is 101 Å². The first-order valence-electron chi connectivity index (χ1n) is 5.55. The lowest BCUT2D eigenvalue weighted by Crippen LogP contribution is -2.40. The molecule has 1 rings (SSSR count). The summed E-state index contributed by atoms with van der Waals surface area (Å²) in [6.07, 6.45) is 0. The maximum atomic E-state index is 13.4. The second kappa shape index (κ2) is 4.98. The average molecular weight is 241 g/mol. The van der Waals surface area contributed by atoms with Gasteiger partial charge in [0.1, 0.15) is 0 Å². The van der Waals surface area contributed by atoms with E-state index in [4.69, 9.17) is 5.73 Å². The minimum atomic E-state index is -0.556. The Morgan fingerprint density at radius 2 is 2.12 bits per heavy atom. The maximum Gasteiger partial charge on any atom is 0.165 e. The molecule has 0 fully saturated rings. The van der Waals surface area contributed by atoms with E-state index in [-0.39, 0.29) is 24.0 Å². The van der Waals surface area contributed by atoms with Gasteiger partial charge in [-0.2, -0.15) is 0 Å². The Morgan fingerprint density at radius 3 is 2.59 bits per heavy atom. The summed E-state index contributed by atoms with van der Waals surface area (Å²) in [5, 5.41) is 12.6. The van der Waals surface area contributed by atoms with Crippen molar-refractivity contribution < 1.29 is 9.50 Å². The number of nitrogens with zero attached hydrogens (tertiary/aromatic N) is 1. The van der Waals surface area contributed by atoms with Gasteiger partial charge in [0.15, 0.2) is 11.6 Å². The zero-order valence-corrected chi connectivity index (χ0v) is 10.7. The number of aromatic nitrogens is 1. The Morgan fingerprint density at radius 1 is 1.53 bits per heavy atom. The summed E-state index contributed by atoms with van der Waals surface area (Å²) in [6, 6.07) is 0.981. The van der Waals surface area contributed by atoms with Crippen molar-refractivity contribution in [2.24, 2.45) is 0 Å². The normalized spacial score (nSPS) is 13.8. The topological polar surface area (TPSA) is 71.2 Å². The summed E-state index contributed by atoms with van der Waals surface area (Å²) in [6.45, 7) is 7.56. The maximum absolute atomic E-state index is 13.4. The van der Waals surface area contributed by atoms with Crippen LogP contribution in [-0.2, 0) is 0 Å². The fourth-order valence-electron chi connectivity index (χ4n) is 1.71. The fourth-order valence-corrected chi connectivity index (χ4v) is 1.71. The van der Waals surface area contributed by atoms with Crippen LogP contribution in [0.4, 0.5) is 10.2 Å². The minimum absolute atomic E-state index is 0.112. The third-order valence-electron chi connectivity index (χ3n) is 2.40. The van der Waals surface area contributed by atoms with E-state index in [0.717, 1.165) is 0 Å². The number of nitrogens with two attached hydrogens (primary N) is 1. The van der Waals surface area contributed by atoms with Crippen molar-refractivity contribution in [2.75, 3.05) is 12.3 Å². The number of hydrogen-bond donors (Lipinski definition) is 3. The Bertz CT molecular complexity index is 401. The predicted molar refractivity (Wildman–Crippen MR) is 66.1 cm³/mol. The van der Waals surface area contributed by atoms with Crippen LogP contribution in [0.15, 0.2) is 6.07 Å². The van der Waals surface area contributed by atoms with Crippen LogP contribution in [0.3, 0.4) is 0 Å². The van der Waals surface area contributed by atoms with Crippen molar-refractivity contribution in [3.05, 3.63) is 23.1 Å². The number of rotatable bonds is 3. The van der Waals surface area contributed by atoms with Gasteiger partial charge in [-0.05, 0) is 39.3 Å². The molecule has 0 aromatic carbocycles. The van der Waals surface area contributed by atoms with Crippen LogP contribution in [0.25, 0.3) is 0 Å². The molecule has 0 radical (unpaired) electrons. The number of pyridine rings is 1. The zero-order chi connectivity index (χ0) is 13.2. The van der Waals surface area contributed by atoms with Crippen molar-refractivity contribution in [1.29, 1.82) is 0 Å². The highest BCUT2D eigenvalue weighted by molar-refractivity contribution is 5.37. The molecule has 0 aliphatic carbocycles. The number of hydrogen-bond acceptors (Lipinski definition) is 4. The summed E-state index contributed by atoms with van der Waals surface area (Å²) < 4.78 is 13.4. The Balaban J connectivity index is 3.08. The molecule has 1 unspecified atom stereocenters. The van der Waals surface area contributed by atoms with Gasteiger partial charge in [-0.25, -0.2) is 9.37 Å². The van der Waals surface area contributed by atoms with E-state index in [1.807, 2.05) is 20.8 Å². The first-order valence-corrected chi connectivity index (χ1v) is 5.55. The first-order chi connectivity index (χ1) is 7.74. The number of aryl methyl sites for hydroxylation is 1. The fraction of sp³-hybridized carbons (Fsp3) is 0.583. The van der Waals surface area contributed by atoms with Crippen LogP contribution in [0, 0.1) is 12.7 Å². The van der Waals surface area contributed by atoms with Crippen LogP contribution < -0.4 is 11.1 Å². The molecule has 4 nitrogen and oxygen atoms in total. The number of aliphatic hydroxyl groups excluding tert-OH is 1. The quantitative estimate of drug-likeness (QED) is 0.750. The van der Waals surface area contributed by atoms with Gasteiger partial charge >= 0.3 is 0 Å². The molecule has 1 heterocycles. The standard InChI is InChI=1S/C12H20FN3O/c1-7-8(5-9(13)11(14)15-7)10(6-17)16-12(2,3)4/h5,10,16-17H,6H2,1-4H3,(H2,14,15). The molecule has 0 saturated heterocycles. The number of halogens is 1. The molecule has 17 heavy (non-hydrogen) atoms. The largest absolute Gasteiger partial charge is 0.394 e. The van der Waals surface area contributed by atoms with Crippen molar-refractivity contribution >= 4 is 5.82 Å². The third-order valence-corrected chi connectivity index (χ3v) is 2.40. The molecular formula is C12H20FN3O. The summed E-state index contributed by atoms with van der Waals surface area (Å²) in [7, 11) is 0. The van der Waals surface area contributed by atoms with Crippen LogP contribution in [0.1, 0.15) is 38.1 Å². The van der Waals surface area contributed by atoms with E-state index in [9.17, 15) is 9.50 Å². The number of anilines is 1. The first kappa shape index (κ1) is 13.9. The molecule has 4 N–H and O–H groups in total. The molecule has 96 valence electrons. The van der Waals surface area contributed by atoms with Gasteiger partial charge < -0.3 is 16.2 Å². The highest BCUT2D eigenvalue weighted by Crippen LogP contribution is 2.22. The summed E-state index contributed by atoms with van der Waals surface area (Å²) in [5.41, 5.74) is 6.46. The van der Waals surface area contributed by atoms with Gasteiger partial charge in [-0.1, -0.05) is 0 Å². The van der Waals surface area contributed by atoms with Crippen LogP contribution >= 0.6 is 0 Å². The van der Waals surface area contributed by atoms with Crippen molar-refractivity contribution in [1.82, 2.24) is 10.3 Å². The minimum Gasteiger partial charge on any atom is -0.394 e. The number of nitrogen functional groups attached to an aromatic ring is 1. The van der Waals surface area contributed by atoms with Gasteiger partial charge in [0.05, 0.1) is 12.6 Å². The molecule has 0 aliphatic heterocycles. The SMILES string of the molecule is Cc1nc(N)c(F)cc1C(CO)NC(C)(C)C. The van der Waals surface area contributed by atoms with Crippen LogP contribution in [0.5, 0.6) is 0 Å². The lowest BCUT2D eigenvalue weighted by Gasteiger charge is -2.28. The van der Waals surface area contributed by atoms with Gasteiger partial charge in [-0.3, -0.25) is 0 Å². The molecule has 1 atom stereocenters. The lowest BCUT2D eigenvalue weighted by molar-refractivity contribution is 0.216. The summed E-state index contributed by atoms with van der Waals surface area (Å²) >= 11 is 0. The highest BCUT2D eigenvalue weighted by atomic mass is 19.1. The molecular weight excluding hydrogens is 221 g/mol. The van der Waals surface area contributed by atoms with Crippen molar-refractivity contribution in [3.8, 4) is 0 Å². The van der Waals surface area contributed by atoms with E-state index in [0.29, 0.717) is 11.3 Å². The van der Waals surface area contributed by atoms with Crippen molar-refractivity contribution in [3.63, 3.8) is 0 Å². The Hall–Kier alpha value is -1.20. The smallest absolute Gasteiger partial charge is 0.165 e. The molecule has 0 aliphatic rings. The van der Waals surface area contributed by atoms with E-state index < -0.39 is 5.82 Å². The van der Waals surface area contributed by atoms with Crippen LogP contribution in [0.2, 0.25) is 0 Å². The van der Waals surface area contributed by atoms with Gasteiger partial charge in [0, 0.05) is 11.2 Å². The molecule has 1 aromatic heterocycles. The molecule has 0 bridgehead atoms. The number of nitrogens with one attached hydrogen (secondary N) is 1. The van der Waals surface area contributed by atoms with Gasteiger partial charge in [0.2, 0.25) is 0 Å². The molecule has 0 saturated carbocycles. The highest BCUT2D eigenvalue weighted by Gasteiger charge is 2.21. The van der Waals surface area contributed by atoms with E-state index >= 15 is 0 Å². The average Bonchev–Trinajstić information content (AvgIpc) is 2.19. The summed E-state index contributed by atoms with van der Waals surface area (Å²) in [5.74, 6) is -0.668. The molecule has 0 amide bonds. The van der Waals surface area contributed by atoms with Crippen LogP contribution in [-0.4, -0.2) is 22.2 Å². The van der Waals surface area contributed by atoms with Gasteiger partial charge in [0.25, 0.3) is 0 Å². The lowest BCUT2D eigenvalue weighted by atomic mass is 10.0. The van der Waals surface area contributed by atoms with E-state index in [2.05, 4.69) is 10.3 Å². The molecule has 1 aromatic rings. The summed E-state index contributed by atoms with van der Waals surface area (Å²) in [4.78, 5) is 3.92. The third kappa shape index (κ3) is 3.64. The van der Waals surface area contributed by atoms with Crippen molar-refractivity contribution in [2.45, 2.75) is 39.3 Å².